The highest BCUT2D eigenvalue weighted by Gasteiger charge is 2.10. The molecule has 0 atom stereocenters. The summed E-state index contributed by atoms with van der Waals surface area (Å²) in [6, 6.07) is 11.4. The molecule has 0 radical (unpaired) electrons. The number of rotatable bonds is 9. The van der Waals surface area contributed by atoms with Gasteiger partial charge in [-0.1, -0.05) is 32.0 Å². The molecule has 144 valence electrons. The van der Waals surface area contributed by atoms with Crippen molar-refractivity contribution in [3.8, 4) is 17.2 Å². The Morgan fingerprint density at radius 2 is 1.89 bits per heavy atom. The predicted molar refractivity (Wildman–Crippen MR) is 106 cm³/mol. The van der Waals surface area contributed by atoms with Crippen LogP contribution in [0.3, 0.4) is 0 Å². The average Bonchev–Trinajstić information content (AvgIpc) is 2.63. The number of carbonyl (C=O) groups is 1. The maximum Gasteiger partial charge on any atom is 0.328 e. The van der Waals surface area contributed by atoms with Crippen molar-refractivity contribution in [1.82, 2.24) is 0 Å². The molecule has 2 aromatic carbocycles. The van der Waals surface area contributed by atoms with Crippen LogP contribution < -0.4 is 14.2 Å². The summed E-state index contributed by atoms with van der Waals surface area (Å²) in [5.74, 6) is 1.29. The molecule has 2 aromatic rings. The highest BCUT2D eigenvalue weighted by Crippen LogP contribution is 2.32. The van der Waals surface area contributed by atoms with Gasteiger partial charge in [-0.05, 0) is 48.2 Å². The molecule has 0 heterocycles. The van der Waals surface area contributed by atoms with E-state index in [4.69, 9.17) is 19.3 Å². The lowest BCUT2D eigenvalue weighted by atomic mass is 9.98. The Morgan fingerprint density at radius 1 is 1.15 bits per heavy atom. The van der Waals surface area contributed by atoms with Gasteiger partial charge in [0.05, 0.1) is 7.11 Å². The normalized spacial score (nSPS) is 11.0. The van der Waals surface area contributed by atoms with Gasteiger partial charge in [0, 0.05) is 11.6 Å². The van der Waals surface area contributed by atoms with Crippen molar-refractivity contribution in [2.75, 3.05) is 20.3 Å². The van der Waals surface area contributed by atoms with Gasteiger partial charge in [0.1, 0.15) is 19.0 Å². The third-order valence-electron chi connectivity index (χ3n) is 4.10. The first-order valence-corrected chi connectivity index (χ1v) is 8.86. The Labute approximate surface area is 160 Å². The van der Waals surface area contributed by atoms with E-state index in [0.29, 0.717) is 36.2 Å². The molecule has 0 saturated carbocycles. The van der Waals surface area contributed by atoms with E-state index in [1.165, 1.54) is 17.2 Å². The minimum Gasteiger partial charge on any atom is -0.493 e. The molecule has 0 aliphatic rings. The zero-order valence-corrected chi connectivity index (χ0v) is 16.2. The molecular weight excluding hydrogens is 344 g/mol. The Hall–Kier alpha value is -2.95. The fourth-order valence-electron chi connectivity index (χ4n) is 2.83. The number of benzene rings is 2. The monoisotopic (exact) mass is 370 g/mol. The summed E-state index contributed by atoms with van der Waals surface area (Å²) in [7, 11) is 1.54. The van der Waals surface area contributed by atoms with Crippen LogP contribution in [0.5, 0.6) is 17.2 Å². The van der Waals surface area contributed by atoms with Crippen molar-refractivity contribution in [2.24, 2.45) is 0 Å². The smallest absolute Gasteiger partial charge is 0.328 e. The summed E-state index contributed by atoms with van der Waals surface area (Å²) in [4.78, 5) is 10.8. The minimum atomic E-state index is -1.02. The quantitative estimate of drug-likeness (QED) is 0.513. The van der Waals surface area contributed by atoms with E-state index in [0.717, 1.165) is 11.8 Å². The molecule has 0 aliphatic carbocycles. The molecule has 0 bridgehead atoms. The molecule has 2 rings (SSSR count). The number of hydrogen-bond acceptors (Lipinski definition) is 4. The Morgan fingerprint density at radius 3 is 2.52 bits per heavy atom. The third-order valence-corrected chi connectivity index (χ3v) is 4.10. The van der Waals surface area contributed by atoms with Crippen molar-refractivity contribution in [3.05, 3.63) is 59.2 Å². The van der Waals surface area contributed by atoms with E-state index < -0.39 is 5.97 Å². The van der Waals surface area contributed by atoms with Crippen LogP contribution in [0.25, 0.3) is 6.08 Å². The van der Waals surface area contributed by atoms with Gasteiger partial charge in [-0.2, -0.15) is 0 Å². The summed E-state index contributed by atoms with van der Waals surface area (Å²) in [6.45, 7) is 7.08. The number of para-hydroxylation sites is 1. The second-order valence-electron chi connectivity index (χ2n) is 6.42. The van der Waals surface area contributed by atoms with Crippen LogP contribution >= 0.6 is 0 Å². The zero-order valence-electron chi connectivity index (χ0n) is 16.2. The van der Waals surface area contributed by atoms with Gasteiger partial charge in [-0.25, -0.2) is 4.79 Å². The van der Waals surface area contributed by atoms with Crippen molar-refractivity contribution in [1.29, 1.82) is 0 Å². The highest BCUT2D eigenvalue weighted by molar-refractivity contribution is 5.86. The summed E-state index contributed by atoms with van der Waals surface area (Å²) in [6.07, 6.45) is 2.55. The number of aryl methyl sites for hydroxylation is 1. The highest BCUT2D eigenvalue weighted by atomic mass is 16.5. The van der Waals surface area contributed by atoms with E-state index in [2.05, 4.69) is 26.8 Å². The zero-order chi connectivity index (χ0) is 19.8. The maximum atomic E-state index is 10.8. The van der Waals surface area contributed by atoms with Crippen LogP contribution in [-0.2, 0) is 4.79 Å². The predicted octanol–water partition coefficient (Wildman–Crippen LogP) is 4.68. The minimum absolute atomic E-state index is 0.305. The van der Waals surface area contributed by atoms with Crippen molar-refractivity contribution in [3.63, 3.8) is 0 Å². The van der Waals surface area contributed by atoms with Crippen LogP contribution in [0.1, 0.15) is 36.5 Å². The van der Waals surface area contributed by atoms with Crippen molar-refractivity contribution >= 4 is 12.0 Å². The Bertz CT molecular complexity index is 808. The average molecular weight is 370 g/mol. The molecular formula is C22H26O5. The first-order chi connectivity index (χ1) is 12.9. The molecule has 0 aliphatic heterocycles. The van der Waals surface area contributed by atoms with Gasteiger partial charge in [0.2, 0.25) is 0 Å². The first-order valence-electron chi connectivity index (χ1n) is 8.86. The molecule has 5 heteroatoms. The van der Waals surface area contributed by atoms with Crippen LogP contribution in [-0.4, -0.2) is 31.4 Å². The van der Waals surface area contributed by atoms with E-state index >= 15 is 0 Å². The van der Waals surface area contributed by atoms with Gasteiger partial charge in [-0.15, -0.1) is 0 Å². The van der Waals surface area contributed by atoms with Gasteiger partial charge >= 0.3 is 5.97 Å². The van der Waals surface area contributed by atoms with Crippen molar-refractivity contribution < 1.29 is 24.1 Å². The number of carboxylic acids is 1. The summed E-state index contributed by atoms with van der Waals surface area (Å²) in [5, 5.41) is 8.83. The van der Waals surface area contributed by atoms with Gasteiger partial charge < -0.3 is 19.3 Å². The molecule has 0 unspecified atom stereocenters. The Balaban J connectivity index is 2.00. The second-order valence-corrected chi connectivity index (χ2v) is 6.42. The van der Waals surface area contributed by atoms with Crippen LogP contribution in [0.2, 0.25) is 0 Å². The molecule has 0 saturated heterocycles. The standard InChI is InChI=1S/C22H26O5/c1-15(2)19-10-9-18(14-16(19)3)26-12-13-27-22-17(8-11-21(23)24)6-5-7-20(22)25-4/h5-11,14-15H,12-13H2,1-4H3,(H,23,24). The molecule has 27 heavy (non-hydrogen) atoms. The number of methoxy groups -OCH3 is 1. The first kappa shape index (κ1) is 20.4. The molecule has 1 N–H and O–H groups in total. The Kier molecular flexibility index (Phi) is 7.29. The lowest BCUT2D eigenvalue weighted by Crippen LogP contribution is -2.10. The van der Waals surface area contributed by atoms with Gasteiger partial charge in [0.25, 0.3) is 0 Å². The topological polar surface area (TPSA) is 65.0 Å². The van der Waals surface area contributed by atoms with Gasteiger partial charge in [-0.3, -0.25) is 0 Å². The second kappa shape index (κ2) is 9.67. The fourth-order valence-corrected chi connectivity index (χ4v) is 2.83. The lowest BCUT2D eigenvalue weighted by molar-refractivity contribution is -0.131. The summed E-state index contributed by atoms with van der Waals surface area (Å²) >= 11 is 0. The molecule has 0 aromatic heterocycles. The van der Waals surface area contributed by atoms with E-state index in [-0.39, 0.29) is 0 Å². The lowest BCUT2D eigenvalue weighted by Gasteiger charge is -2.15. The van der Waals surface area contributed by atoms with Crippen molar-refractivity contribution in [2.45, 2.75) is 26.7 Å². The maximum absolute atomic E-state index is 10.8. The summed E-state index contributed by atoms with van der Waals surface area (Å²) in [5.41, 5.74) is 3.14. The van der Waals surface area contributed by atoms with E-state index in [9.17, 15) is 4.79 Å². The third kappa shape index (κ3) is 5.78. The molecule has 0 fully saturated rings. The molecule has 0 amide bonds. The van der Waals surface area contributed by atoms with E-state index in [1.807, 2.05) is 12.1 Å². The SMILES string of the molecule is COc1cccc(C=CC(=O)O)c1OCCOc1ccc(C(C)C)c(C)c1. The van der Waals surface area contributed by atoms with Crippen LogP contribution in [0, 0.1) is 6.92 Å². The van der Waals surface area contributed by atoms with Crippen LogP contribution in [0.15, 0.2) is 42.5 Å². The summed E-state index contributed by atoms with van der Waals surface area (Å²) < 4.78 is 16.9. The number of aliphatic carboxylic acids is 1. The number of carboxylic acid groups (broad SMARTS) is 1. The van der Waals surface area contributed by atoms with Gasteiger partial charge in [0.15, 0.2) is 11.5 Å². The number of hydrogen-bond donors (Lipinski definition) is 1. The van der Waals surface area contributed by atoms with E-state index in [1.54, 1.807) is 25.3 Å². The largest absolute Gasteiger partial charge is 0.493 e. The fraction of sp³-hybridized carbons (Fsp3) is 0.318. The van der Waals surface area contributed by atoms with Crippen LogP contribution in [0.4, 0.5) is 0 Å². The molecule has 0 spiro atoms. The number of ether oxygens (including phenoxy) is 3. The molecule has 5 nitrogen and oxygen atoms in total.